The predicted octanol–water partition coefficient (Wildman–Crippen LogP) is 3.14. The number of nitrogens with two attached hydrogens (primary N) is 1. The van der Waals surface area contributed by atoms with Crippen molar-refractivity contribution in [2.45, 2.75) is 12.6 Å². The summed E-state index contributed by atoms with van der Waals surface area (Å²) in [6, 6.07) is 11.9. The third-order valence-electron chi connectivity index (χ3n) is 3.31. The van der Waals surface area contributed by atoms with Gasteiger partial charge in [-0.3, -0.25) is 4.98 Å². The Morgan fingerprint density at radius 2 is 2.00 bits per heavy atom. The molecule has 0 aliphatic heterocycles. The van der Waals surface area contributed by atoms with E-state index >= 15 is 0 Å². The molecule has 0 saturated carbocycles. The van der Waals surface area contributed by atoms with Crippen LogP contribution in [-0.4, -0.2) is 14.5 Å². The normalized spacial score (nSPS) is 12.3. The molecule has 2 heterocycles. The molecule has 0 fully saturated rings. The smallest absolute Gasteiger partial charge is 0.130 e. The maximum atomic E-state index is 6.34. The van der Waals surface area contributed by atoms with Crippen molar-refractivity contribution in [3.63, 3.8) is 0 Å². The lowest BCUT2D eigenvalue weighted by molar-refractivity contribution is 0.672. The Kier molecular flexibility index (Phi) is 4.13. The van der Waals surface area contributed by atoms with E-state index in [0.717, 1.165) is 22.4 Å². The van der Waals surface area contributed by atoms with Gasteiger partial charge in [0.2, 0.25) is 0 Å². The highest BCUT2D eigenvalue weighted by molar-refractivity contribution is 9.10. The number of nitrogens with zero attached hydrogens (tertiary/aromatic N) is 3. The van der Waals surface area contributed by atoms with E-state index in [1.807, 2.05) is 30.5 Å². The van der Waals surface area contributed by atoms with Gasteiger partial charge in [0.25, 0.3) is 0 Å². The average molecular weight is 343 g/mol. The van der Waals surface area contributed by atoms with Crippen molar-refractivity contribution >= 4 is 15.9 Å². The van der Waals surface area contributed by atoms with Crippen LogP contribution >= 0.6 is 15.9 Å². The summed E-state index contributed by atoms with van der Waals surface area (Å²) in [5, 5.41) is 0. The number of pyridine rings is 1. The SMILES string of the molecule is NC(c1cncc(Br)c1)c1nccn1Cc1ccccc1. The Hall–Kier alpha value is -1.98. The summed E-state index contributed by atoms with van der Waals surface area (Å²) in [6.45, 7) is 0.755. The summed E-state index contributed by atoms with van der Waals surface area (Å²) in [5.74, 6) is 0.832. The molecular weight excluding hydrogens is 328 g/mol. The van der Waals surface area contributed by atoms with Crippen LogP contribution in [0.3, 0.4) is 0 Å². The van der Waals surface area contributed by atoms with Gasteiger partial charge in [0.1, 0.15) is 5.82 Å². The van der Waals surface area contributed by atoms with Crippen LogP contribution in [0.15, 0.2) is 65.7 Å². The Bertz CT molecular complexity index is 724. The Morgan fingerprint density at radius 1 is 1.19 bits per heavy atom. The van der Waals surface area contributed by atoms with Crippen LogP contribution in [0.4, 0.5) is 0 Å². The van der Waals surface area contributed by atoms with Gasteiger partial charge in [-0.2, -0.15) is 0 Å². The summed E-state index contributed by atoms with van der Waals surface area (Å²) in [4.78, 5) is 8.58. The van der Waals surface area contributed by atoms with E-state index < -0.39 is 0 Å². The number of rotatable bonds is 4. The van der Waals surface area contributed by atoms with E-state index in [4.69, 9.17) is 5.73 Å². The first-order valence-electron chi connectivity index (χ1n) is 6.65. The fourth-order valence-electron chi connectivity index (χ4n) is 2.26. The predicted molar refractivity (Wildman–Crippen MR) is 85.7 cm³/mol. The molecule has 1 aromatic carbocycles. The zero-order valence-electron chi connectivity index (χ0n) is 11.4. The van der Waals surface area contributed by atoms with Crippen LogP contribution < -0.4 is 5.73 Å². The van der Waals surface area contributed by atoms with E-state index in [9.17, 15) is 0 Å². The molecule has 1 unspecified atom stereocenters. The van der Waals surface area contributed by atoms with E-state index in [0.29, 0.717) is 0 Å². The van der Waals surface area contributed by atoms with Gasteiger partial charge in [-0.1, -0.05) is 30.3 Å². The monoisotopic (exact) mass is 342 g/mol. The van der Waals surface area contributed by atoms with Gasteiger partial charge in [0.15, 0.2) is 0 Å². The summed E-state index contributed by atoms with van der Waals surface area (Å²) in [7, 11) is 0. The zero-order chi connectivity index (χ0) is 14.7. The average Bonchev–Trinajstić information content (AvgIpc) is 2.95. The zero-order valence-corrected chi connectivity index (χ0v) is 12.9. The van der Waals surface area contributed by atoms with Crippen LogP contribution in [0, 0.1) is 0 Å². The van der Waals surface area contributed by atoms with E-state index in [1.165, 1.54) is 5.56 Å². The van der Waals surface area contributed by atoms with E-state index in [2.05, 4.69) is 42.6 Å². The molecular formula is C16H15BrN4. The minimum absolute atomic E-state index is 0.297. The molecule has 0 radical (unpaired) electrons. The first-order chi connectivity index (χ1) is 10.2. The van der Waals surface area contributed by atoms with Gasteiger partial charge in [0.05, 0.1) is 6.04 Å². The molecule has 0 amide bonds. The third-order valence-corrected chi connectivity index (χ3v) is 3.74. The molecule has 3 rings (SSSR count). The van der Waals surface area contributed by atoms with Crippen LogP contribution in [0.25, 0.3) is 0 Å². The molecule has 0 saturated heterocycles. The molecule has 2 aromatic heterocycles. The molecule has 0 bridgehead atoms. The molecule has 106 valence electrons. The lowest BCUT2D eigenvalue weighted by Gasteiger charge is -2.14. The van der Waals surface area contributed by atoms with Crippen molar-refractivity contribution in [2.24, 2.45) is 5.73 Å². The number of imidazole rings is 1. The van der Waals surface area contributed by atoms with Gasteiger partial charge in [0, 0.05) is 35.8 Å². The maximum Gasteiger partial charge on any atom is 0.130 e. The third kappa shape index (κ3) is 3.20. The van der Waals surface area contributed by atoms with E-state index in [1.54, 1.807) is 18.6 Å². The summed E-state index contributed by atoms with van der Waals surface area (Å²) >= 11 is 3.42. The van der Waals surface area contributed by atoms with Crippen molar-refractivity contribution in [1.82, 2.24) is 14.5 Å². The van der Waals surface area contributed by atoms with Crippen molar-refractivity contribution in [1.29, 1.82) is 0 Å². The van der Waals surface area contributed by atoms with Gasteiger partial charge in [-0.05, 0) is 33.1 Å². The maximum absolute atomic E-state index is 6.34. The molecule has 0 spiro atoms. The quantitative estimate of drug-likeness (QED) is 0.792. The van der Waals surface area contributed by atoms with Gasteiger partial charge < -0.3 is 10.3 Å². The largest absolute Gasteiger partial charge is 0.329 e. The van der Waals surface area contributed by atoms with Crippen LogP contribution in [-0.2, 0) is 6.54 Å². The molecule has 2 N–H and O–H groups in total. The van der Waals surface area contributed by atoms with Gasteiger partial charge in [-0.15, -0.1) is 0 Å². The van der Waals surface area contributed by atoms with Crippen LogP contribution in [0.2, 0.25) is 0 Å². The minimum Gasteiger partial charge on any atom is -0.329 e. The second kappa shape index (κ2) is 6.20. The first-order valence-corrected chi connectivity index (χ1v) is 7.44. The highest BCUT2D eigenvalue weighted by Crippen LogP contribution is 2.21. The highest BCUT2D eigenvalue weighted by atomic mass is 79.9. The summed E-state index contributed by atoms with van der Waals surface area (Å²) in [6.07, 6.45) is 7.25. The minimum atomic E-state index is -0.297. The number of aromatic nitrogens is 3. The van der Waals surface area contributed by atoms with Crippen LogP contribution in [0.1, 0.15) is 23.0 Å². The molecule has 21 heavy (non-hydrogen) atoms. The highest BCUT2D eigenvalue weighted by Gasteiger charge is 2.15. The Labute approximate surface area is 131 Å². The van der Waals surface area contributed by atoms with E-state index in [-0.39, 0.29) is 6.04 Å². The molecule has 3 aromatic rings. The number of hydrogen-bond acceptors (Lipinski definition) is 3. The Balaban J connectivity index is 1.88. The Morgan fingerprint density at radius 3 is 2.76 bits per heavy atom. The summed E-state index contributed by atoms with van der Waals surface area (Å²) in [5.41, 5.74) is 8.49. The molecule has 0 aliphatic carbocycles. The van der Waals surface area contributed by atoms with Crippen molar-refractivity contribution in [3.05, 3.63) is 82.6 Å². The lowest BCUT2D eigenvalue weighted by atomic mass is 10.1. The molecule has 4 nitrogen and oxygen atoms in total. The molecule has 1 atom stereocenters. The first kappa shape index (κ1) is 14.0. The lowest BCUT2D eigenvalue weighted by Crippen LogP contribution is -2.18. The standard InChI is InChI=1S/C16H15BrN4/c17-14-8-13(9-19-10-14)15(18)16-20-6-7-21(16)11-12-4-2-1-3-5-12/h1-10,15H,11,18H2. The molecule has 5 heteroatoms. The number of halogens is 1. The number of hydrogen-bond donors (Lipinski definition) is 1. The summed E-state index contributed by atoms with van der Waals surface area (Å²) < 4.78 is 2.98. The fraction of sp³-hybridized carbons (Fsp3) is 0.125. The van der Waals surface area contributed by atoms with Crippen LogP contribution in [0.5, 0.6) is 0 Å². The van der Waals surface area contributed by atoms with Gasteiger partial charge >= 0.3 is 0 Å². The molecule has 0 aliphatic rings. The van der Waals surface area contributed by atoms with Gasteiger partial charge in [-0.25, -0.2) is 4.98 Å². The van der Waals surface area contributed by atoms with Crippen molar-refractivity contribution in [2.75, 3.05) is 0 Å². The van der Waals surface area contributed by atoms with Crippen molar-refractivity contribution < 1.29 is 0 Å². The fourth-order valence-corrected chi connectivity index (χ4v) is 2.64. The number of benzene rings is 1. The second-order valence-electron chi connectivity index (χ2n) is 4.81. The topological polar surface area (TPSA) is 56.7 Å². The second-order valence-corrected chi connectivity index (χ2v) is 5.73. The van der Waals surface area contributed by atoms with Crippen molar-refractivity contribution in [3.8, 4) is 0 Å².